The smallest absolute Gasteiger partial charge is 0.180 e. The molecule has 2 aromatic carbocycles. The molecule has 2 rings (SSSR count). The molecule has 0 spiro atoms. The maximum absolute atomic E-state index is 3.97. The zero-order chi connectivity index (χ0) is 13.0. The first-order valence-electron chi connectivity index (χ1n) is 6.51. The summed E-state index contributed by atoms with van der Waals surface area (Å²) in [5.74, 6) is 0. The van der Waals surface area contributed by atoms with E-state index in [2.05, 4.69) is 85.0 Å². The molecule has 0 aliphatic rings. The number of rotatable bonds is 4. The molecule has 0 aliphatic heterocycles. The molecule has 0 saturated heterocycles. The molecule has 0 aromatic heterocycles. The summed E-state index contributed by atoms with van der Waals surface area (Å²) in [6.07, 6.45) is 0. The topological polar surface area (TPSA) is 12.0 Å². The summed E-state index contributed by atoms with van der Waals surface area (Å²) in [5, 5.41) is 2.94. The van der Waals surface area contributed by atoms with Gasteiger partial charge in [0.15, 0.2) is 8.24 Å². The fourth-order valence-corrected chi connectivity index (χ4v) is 10.5. The summed E-state index contributed by atoms with van der Waals surface area (Å²) in [4.78, 5) is 0. The van der Waals surface area contributed by atoms with E-state index in [4.69, 9.17) is 0 Å². The molecule has 0 atom stereocenters. The Morgan fingerprint density at radius 3 is 1.50 bits per heavy atom. The molecule has 0 fully saturated rings. The lowest BCUT2D eigenvalue weighted by Crippen LogP contribution is -2.69. The lowest BCUT2D eigenvalue weighted by atomic mass is 10.4. The average Bonchev–Trinajstić information content (AvgIpc) is 2.40. The van der Waals surface area contributed by atoms with Crippen LogP contribution in [0.4, 0.5) is 0 Å². The van der Waals surface area contributed by atoms with Crippen molar-refractivity contribution in [1.29, 1.82) is 0 Å². The van der Waals surface area contributed by atoms with Crippen LogP contribution in [0.3, 0.4) is 0 Å². The zero-order valence-corrected chi connectivity index (χ0v) is 13.5. The summed E-state index contributed by atoms with van der Waals surface area (Å²) in [5.41, 5.74) is 0. The van der Waals surface area contributed by atoms with Crippen molar-refractivity contribution in [2.75, 3.05) is 0 Å². The Morgan fingerprint density at radius 2 is 1.17 bits per heavy atom. The van der Waals surface area contributed by atoms with E-state index in [9.17, 15) is 0 Å². The van der Waals surface area contributed by atoms with E-state index in [1.54, 1.807) is 0 Å². The molecule has 0 bridgehead atoms. The Bertz CT molecular complexity index is 443. The van der Waals surface area contributed by atoms with Gasteiger partial charge < -0.3 is 4.65 Å². The van der Waals surface area contributed by atoms with Gasteiger partial charge in [-0.3, -0.25) is 0 Å². The third-order valence-electron chi connectivity index (χ3n) is 3.28. The fourth-order valence-electron chi connectivity index (χ4n) is 2.45. The number of hydrogen-bond donors (Lipinski definition) is 1. The van der Waals surface area contributed by atoms with Crippen LogP contribution in [-0.2, 0) is 0 Å². The van der Waals surface area contributed by atoms with Crippen molar-refractivity contribution in [3.05, 3.63) is 60.7 Å². The van der Waals surface area contributed by atoms with Gasteiger partial charge in [0.1, 0.15) is 0 Å². The second kappa shape index (κ2) is 5.65. The van der Waals surface area contributed by atoms with Crippen LogP contribution in [-0.4, -0.2) is 17.2 Å². The first kappa shape index (κ1) is 13.3. The van der Waals surface area contributed by atoms with Gasteiger partial charge in [-0.25, -0.2) is 0 Å². The van der Waals surface area contributed by atoms with Crippen molar-refractivity contribution < 1.29 is 0 Å². The summed E-state index contributed by atoms with van der Waals surface area (Å²) in [7, 11) is -2.58. The third-order valence-corrected chi connectivity index (χ3v) is 10.9. The minimum atomic E-state index is -1.75. The molecule has 0 unspecified atom stereocenters. The van der Waals surface area contributed by atoms with E-state index in [0.717, 1.165) is 0 Å². The predicted molar refractivity (Wildman–Crippen MR) is 85.8 cm³/mol. The third kappa shape index (κ3) is 2.80. The van der Waals surface area contributed by atoms with Crippen LogP contribution in [0.2, 0.25) is 19.6 Å². The minimum absolute atomic E-state index is 0.823. The fraction of sp³-hybridized carbons (Fsp3) is 0.200. The van der Waals surface area contributed by atoms with Crippen molar-refractivity contribution >= 4 is 27.6 Å². The average molecular weight is 272 g/mol. The van der Waals surface area contributed by atoms with E-state index >= 15 is 0 Å². The highest BCUT2D eigenvalue weighted by atomic mass is 28.4. The SMILES string of the molecule is C[SiH](C)N[Si](C)(c1ccccc1)c1ccccc1. The summed E-state index contributed by atoms with van der Waals surface area (Å²) < 4.78 is 3.97. The van der Waals surface area contributed by atoms with Crippen molar-refractivity contribution in [3.63, 3.8) is 0 Å². The van der Waals surface area contributed by atoms with Gasteiger partial charge in [-0.05, 0) is 16.9 Å². The number of hydrogen-bond acceptors (Lipinski definition) is 1. The molecular formula is C15H21NSi2. The van der Waals surface area contributed by atoms with Crippen LogP contribution in [0, 0.1) is 0 Å². The van der Waals surface area contributed by atoms with E-state index in [1.165, 1.54) is 10.4 Å². The summed E-state index contributed by atoms with van der Waals surface area (Å²) in [6, 6.07) is 21.8. The molecule has 1 nitrogen and oxygen atoms in total. The number of benzene rings is 2. The summed E-state index contributed by atoms with van der Waals surface area (Å²) in [6.45, 7) is 7.14. The van der Waals surface area contributed by atoms with Crippen LogP contribution in [0.15, 0.2) is 60.7 Å². The zero-order valence-electron chi connectivity index (χ0n) is 11.4. The normalized spacial score (nSPS) is 11.8. The van der Waals surface area contributed by atoms with Gasteiger partial charge in [-0.2, -0.15) is 0 Å². The van der Waals surface area contributed by atoms with E-state index in [1.807, 2.05) is 0 Å². The van der Waals surface area contributed by atoms with Gasteiger partial charge in [-0.1, -0.05) is 73.8 Å². The van der Waals surface area contributed by atoms with E-state index in [0.29, 0.717) is 0 Å². The molecule has 94 valence electrons. The molecule has 0 heterocycles. The van der Waals surface area contributed by atoms with Gasteiger partial charge in [0.25, 0.3) is 0 Å². The van der Waals surface area contributed by atoms with Crippen LogP contribution in [0.25, 0.3) is 0 Å². The molecule has 18 heavy (non-hydrogen) atoms. The molecule has 0 radical (unpaired) electrons. The Balaban J connectivity index is 2.48. The highest BCUT2D eigenvalue weighted by molar-refractivity contribution is 7.03. The second-order valence-electron chi connectivity index (χ2n) is 5.16. The first-order chi connectivity index (χ1) is 8.63. The molecule has 0 aliphatic carbocycles. The lowest BCUT2D eigenvalue weighted by Gasteiger charge is -2.31. The van der Waals surface area contributed by atoms with Crippen LogP contribution in [0.1, 0.15) is 0 Å². The van der Waals surface area contributed by atoms with Gasteiger partial charge in [0, 0.05) is 0 Å². The van der Waals surface area contributed by atoms with Gasteiger partial charge in [0.2, 0.25) is 0 Å². The van der Waals surface area contributed by atoms with Crippen LogP contribution < -0.4 is 15.0 Å². The monoisotopic (exact) mass is 271 g/mol. The van der Waals surface area contributed by atoms with Gasteiger partial charge >= 0.3 is 0 Å². The lowest BCUT2D eigenvalue weighted by molar-refractivity contribution is 1.40. The molecule has 3 heteroatoms. The Morgan fingerprint density at radius 1 is 0.778 bits per heavy atom. The molecule has 0 amide bonds. The second-order valence-corrected chi connectivity index (χ2v) is 12.0. The standard InChI is InChI=1S/C15H21NSi2/c1-17(2)16-18(3,14-10-6-4-7-11-14)15-12-8-5-9-13-15/h4-13,16-17H,1-3H3. The van der Waals surface area contributed by atoms with Crippen molar-refractivity contribution in [1.82, 2.24) is 4.65 Å². The van der Waals surface area contributed by atoms with Crippen LogP contribution in [0.5, 0.6) is 0 Å². The van der Waals surface area contributed by atoms with E-state index < -0.39 is 17.2 Å². The Labute approximate surface area is 113 Å². The largest absolute Gasteiger partial charge is 0.355 e. The summed E-state index contributed by atoms with van der Waals surface area (Å²) >= 11 is 0. The van der Waals surface area contributed by atoms with Crippen molar-refractivity contribution in [3.8, 4) is 0 Å². The molecule has 1 N–H and O–H groups in total. The van der Waals surface area contributed by atoms with Crippen molar-refractivity contribution in [2.24, 2.45) is 0 Å². The maximum Gasteiger partial charge on any atom is 0.180 e. The molecular weight excluding hydrogens is 250 g/mol. The van der Waals surface area contributed by atoms with Gasteiger partial charge in [0.05, 0.1) is 8.96 Å². The van der Waals surface area contributed by atoms with E-state index in [-0.39, 0.29) is 0 Å². The first-order valence-corrected chi connectivity index (χ1v) is 11.9. The quantitative estimate of drug-likeness (QED) is 0.838. The van der Waals surface area contributed by atoms with Crippen LogP contribution >= 0.6 is 0 Å². The highest BCUT2D eigenvalue weighted by Crippen LogP contribution is 2.03. The Hall–Kier alpha value is -1.17. The Kier molecular flexibility index (Phi) is 4.16. The minimum Gasteiger partial charge on any atom is -0.355 e. The maximum atomic E-state index is 3.97. The highest BCUT2D eigenvalue weighted by Gasteiger charge is 2.32. The molecule has 2 aromatic rings. The number of nitrogens with one attached hydrogen (secondary N) is 1. The predicted octanol–water partition coefficient (Wildman–Crippen LogP) is 1.95. The molecule has 0 saturated carbocycles. The van der Waals surface area contributed by atoms with Crippen molar-refractivity contribution in [2.45, 2.75) is 19.6 Å². The van der Waals surface area contributed by atoms with Gasteiger partial charge in [-0.15, -0.1) is 0 Å².